The fraction of sp³-hybridized carbons (Fsp3) is 0.214. The van der Waals surface area contributed by atoms with Crippen LogP contribution in [0.1, 0.15) is 29.8 Å². The van der Waals surface area contributed by atoms with E-state index in [1.807, 2.05) is 13.8 Å². The number of anilines is 1. The first-order valence-electron chi connectivity index (χ1n) is 5.88. The molecule has 0 fully saturated rings. The number of carbonyl (C=O) groups excluding carboxylic acids is 1. The van der Waals surface area contributed by atoms with Crippen molar-refractivity contribution < 1.29 is 4.79 Å². The highest BCUT2D eigenvalue weighted by molar-refractivity contribution is 6.31. The monoisotopic (exact) mass is 273 g/mol. The molecule has 3 rings (SSSR count). The second-order valence-corrected chi connectivity index (χ2v) is 5.56. The Hall–Kier alpha value is -1.94. The lowest BCUT2D eigenvalue weighted by molar-refractivity contribution is 0.0906. The Bertz CT molecular complexity index is 710. The van der Waals surface area contributed by atoms with E-state index in [2.05, 4.69) is 9.97 Å². The molecule has 0 radical (unpaired) electrons. The maximum absolute atomic E-state index is 12.6. The van der Waals surface area contributed by atoms with Gasteiger partial charge in [0.2, 0.25) is 0 Å². The maximum Gasteiger partial charge on any atom is 0.173 e. The van der Waals surface area contributed by atoms with Crippen LogP contribution in [0.4, 0.5) is 5.82 Å². The number of ketones is 1. The molecule has 0 unspecified atom stereocenters. The van der Waals surface area contributed by atoms with Crippen LogP contribution in [0.5, 0.6) is 0 Å². The molecule has 2 N–H and O–H groups in total. The molecule has 0 amide bonds. The summed E-state index contributed by atoms with van der Waals surface area (Å²) in [5.41, 5.74) is 7.93. The molecule has 4 nitrogen and oxygen atoms in total. The number of aromatic nitrogens is 2. The van der Waals surface area contributed by atoms with Gasteiger partial charge in [0.1, 0.15) is 12.1 Å². The molecular formula is C14H12ClN3O. The largest absolute Gasteiger partial charge is 0.383 e. The minimum Gasteiger partial charge on any atom is -0.383 e. The van der Waals surface area contributed by atoms with Crippen LogP contribution in [-0.2, 0) is 5.41 Å². The van der Waals surface area contributed by atoms with E-state index < -0.39 is 5.41 Å². The Morgan fingerprint density at radius 3 is 2.68 bits per heavy atom. The summed E-state index contributed by atoms with van der Waals surface area (Å²) in [5, 5.41) is 0.536. The summed E-state index contributed by atoms with van der Waals surface area (Å²) in [5.74, 6) is 0.336. The third-order valence-corrected chi connectivity index (χ3v) is 3.79. The van der Waals surface area contributed by atoms with Crippen molar-refractivity contribution in [3.63, 3.8) is 0 Å². The summed E-state index contributed by atoms with van der Waals surface area (Å²) < 4.78 is 0. The van der Waals surface area contributed by atoms with Gasteiger partial charge >= 0.3 is 0 Å². The predicted octanol–water partition coefficient (Wildman–Crippen LogP) is 2.85. The van der Waals surface area contributed by atoms with E-state index in [1.165, 1.54) is 6.33 Å². The van der Waals surface area contributed by atoms with Gasteiger partial charge in [-0.3, -0.25) is 4.79 Å². The minimum atomic E-state index is -0.752. The molecule has 1 aromatic heterocycles. The molecule has 2 aromatic rings. The van der Waals surface area contributed by atoms with Gasteiger partial charge in [0.05, 0.1) is 11.1 Å². The number of Topliss-reactive ketones (excluding diaryl/α,β-unsaturated/α-hetero) is 1. The first-order chi connectivity index (χ1) is 8.93. The average molecular weight is 274 g/mol. The fourth-order valence-corrected chi connectivity index (χ4v) is 2.75. The van der Waals surface area contributed by atoms with Crippen molar-refractivity contribution >= 4 is 23.2 Å². The van der Waals surface area contributed by atoms with Gasteiger partial charge in [0.15, 0.2) is 5.78 Å². The molecular weight excluding hydrogens is 262 g/mol. The van der Waals surface area contributed by atoms with Crippen LogP contribution >= 0.6 is 11.6 Å². The van der Waals surface area contributed by atoms with Gasteiger partial charge in [-0.1, -0.05) is 17.7 Å². The number of halogens is 1. The Morgan fingerprint density at radius 2 is 1.95 bits per heavy atom. The van der Waals surface area contributed by atoms with E-state index in [0.717, 1.165) is 5.56 Å². The highest BCUT2D eigenvalue weighted by atomic mass is 35.5. The molecule has 1 aromatic carbocycles. The van der Waals surface area contributed by atoms with E-state index in [0.29, 0.717) is 27.7 Å². The summed E-state index contributed by atoms with van der Waals surface area (Å²) in [4.78, 5) is 20.9. The Balaban J connectivity index is 2.44. The normalized spacial score (nSPS) is 15.8. The predicted molar refractivity (Wildman–Crippen MR) is 74.2 cm³/mol. The highest BCUT2D eigenvalue weighted by Gasteiger charge is 2.41. The van der Waals surface area contributed by atoms with Crippen molar-refractivity contribution in [3.8, 4) is 11.3 Å². The van der Waals surface area contributed by atoms with E-state index in [1.54, 1.807) is 18.2 Å². The molecule has 0 bridgehead atoms. The number of nitrogens with zero attached hydrogens (tertiary/aromatic N) is 2. The number of fused-ring (bicyclic) bond motifs is 3. The third kappa shape index (κ3) is 1.56. The Morgan fingerprint density at radius 1 is 1.21 bits per heavy atom. The lowest BCUT2D eigenvalue weighted by atomic mass is 9.71. The summed E-state index contributed by atoms with van der Waals surface area (Å²) in [6.45, 7) is 3.66. The number of hydrogen-bond acceptors (Lipinski definition) is 4. The molecule has 1 aliphatic rings. The van der Waals surface area contributed by atoms with Gasteiger partial charge in [0, 0.05) is 21.7 Å². The lowest BCUT2D eigenvalue weighted by Gasteiger charge is -2.32. The lowest BCUT2D eigenvalue weighted by Crippen LogP contribution is -2.35. The summed E-state index contributed by atoms with van der Waals surface area (Å²) in [6, 6.07) is 5.23. The molecule has 0 saturated heterocycles. The van der Waals surface area contributed by atoms with Gasteiger partial charge in [-0.2, -0.15) is 0 Å². The van der Waals surface area contributed by atoms with Crippen molar-refractivity contribution in [2.75, 3.05) is 5.73 Å². The summed E-state index contributed by atoms with van der Waals surface area (Å²) >= 11 is 5.98. The van der Waals surface area contributed by atoms with Gasteiger partial charge in [0.25, 0.3) is 0 Å². The quantitative estimate of drug-likeness (QED) is 0.801. The Labute approximate surface area is 115 Å². The number of benzene rings is 1. The number of hydrogen-bond donors (Lipinski definition) is 1. The maximum atomic E-state index is 12.6. The molecule has 1 aliphatic carbocycles. The molecule has 0 spiro atoms. The summed E-state index contributed by atoms with van der Waals surface area (Å²) in [7, 11) is 0. The SMILES string of the molecule is CC1(C)C(=O)c2cc(Cl)ccc2-c2ncnc(N)c21. The number of rotatable bonds is 0. The van der Waals surface area contributed by atoms with Crippen molar-refractivity contribution in [1.29, 1.82) is 0 Å². The van der Waals surface area contributed by atoms with E-state index in [4.69, 9.17) is 17.3 Å². The van der Waals surface area contributed by atoms with Crippen LogP contribution in [-0.4, -0.2) is 15.8 Å². The van der Waals surface area contributed by atoms with Gasteiger partial charge in [-0.25, -0.2) is 9.97 Å². The standard InChI is InChI=1S/C14H12ClN3O/c1-14(2)10-11(17-6-18-13(10)16)8-4-3-7(15)5-9(8)12(14)19/h3-6H,1-2H3,(H2,16,17,18). The van der Waals surface area contributed by atoms with Crippen molar-refractivity contribution in [2.45, 2.75) is 19.3 Å². The van der Waals surface area contributed by atoms with Crippen LogP contribution in [0.2, 0.25) is 5.02 Å². The van der Waals surface area contributed by atoms with Gasteiger partial charge in [-0.05, 0) is 26.0 Å². The topological polar surface area (TPSA) is 68.9 Å². The zero-order valence-electron chi connectivity index (χ0n) is 10.6. The first-order valence-corrected chi connectivity index (χ1v) is 6.26. The molecule has 5 heteroatoms. The van der Waals surface area contributed by atoms with Crippen LogP contribution in [0.25, 0.3) is 11.3 Å². The van der Waals surface area contributed by atoms with Crippen molar-refractivity contribution in [2.24, 2.45) is 0 Å². The van der Waals surface area contributed by atoms with Crippen LogP contribution in [0.15, 0.2) is 24.5 Å². The average Bonchev–Trinajstić information content (AvgIpc) is 2.36. The summed E-state index contributed by atoms with van der Waals surface area (Å²) in [6.07, 6.45) is 1.42. The zero-order chi connectivity index (χ0) is 13.8. The molecule has 19 heavy (non-hydrogen) atoms. The third-order valence-electron chi connectivity index (χ3n) is 3.55. The van der Waals surface area contributed by atoms with Crippen molar-refractivity contribution in [1.82, 2.24) is 9.97 Å². The second-order valence-electron chi connectivity index (χ2n) is 5.13. The molecule has 0 aliphatic heterocycles. The molecule has 96 valence electrons. The fourth-order valence-electron chi connectivity index (χ4n) is 2.58. The molecule has 0 saturated carbocycles. The number of nitrogen functional groups attached to an aromatic ring is 1. The van der Waals surface area contributed by atoms with E-state index in [9.17, 15) is 4.79 Å². The first kappa shape index (κ1) is 12.1. The van der Waals surface area contributed by atoms with Crippen LogP contribution < -0.4 is 5.73 Å². The minimum absolute atomic E-state index is 0.0148. The number of carbonyl (C=O) groups is 1. The molecule has 0 atom stereocenters. The van der Waals surface area contributed by atoms with E-state index >= 15 is 0 Å². The van der Waals surface area contributed by atoms with Crippen molar-refractivity contribution in [3.05, 3.63) is 40.7 Å². The van der Waals surface area contributed by atoms with E-state index in [-0.39, 0.29) is 5.78 Å². The Kier molecular flexibility index (Phi) is 2.41. The van der Waals surface area contributed by atoms with Gasteiger partial charge in [-0.15, -0.1) is 0 Å². The zero-order valence-corrected chi connectivity index (χ0v) is 11.3. The van der Waals surface area contributed by atoms with Crippen LogP contribution in [0.3, 0.4) is 0 Å². The number of nitrogens with two attached hydrogens (primary N) is 1. The smallest absolute Gasteiger partial charge is 0.173 e. The highest BCUT2D eigenvalue weighted by Crippen LogP contribution is 2.44. The second kappa shape index (κ2) is 3.78. The van der Waals surface area contributed by atoms with Crippen LogP contribution in [0, 0.1) is 0 Å². The van der Waals surface area contributed by atoms with Gasteiger partial charge < -0.3 is 5.73 Å². The molecule has 1 heterocycles.